The van der Waals surface area contributed by atoms with Gasteiger partial charge in [0, 0.05) is 12.2 Å². The zero-order valence-electron chi connectivity index (χ0n) is 8.37. The second kappa shape index (κ2) is 4.91. The number of nitrogens with zero attached hydrogens (tertiary/aromatic N) is 1. The minimum Gasteiger partial charge on any atom is -0.393 e. The molecule has 4 heteroatoms. The van der Waals surface area contributed by atoms with Gasteiger partial charge in [0.05, 0.1) is 18.0 Å². The van der Waals surface area contributed by atoms with E-state index >= 15 is 0 Å². The van der Waals surface area contributed by atoms with Crippen LogP contribution in [0.4, 0.5) is 10.1 Å². The molecule has 0 aliphatic rings. The number of aliphatic hydroxyl groups excluding tert-OH is 1. The average molecular weight is 198 g/mol. The molecule has 2 unspecified atom stereocenters. The summed E-state index contributed by atoms with van der Waals surface area (Å²) in [6.07, 6.45) is 2.89. The van der Waals surface area contributed by atoms with Crippen LogP contribution in [0.5, 0.6) is 0 Å². The van der Waals surface area contributed by atoms with Crippen molar-refractivity contribution in [1.29, 1.82) is 0 Å². The molecule has 0 aliphatic heterocycles. The van der Waals surface area contributed by atoms with Gasteiger partial charge in [0.1, 0.15) is 0 Å². The van der Waals surface area contributed by atoms with E-state index in [1.54, 1.807) is 13.0 Å². The van der Waals surface area contributed by atoms with E-state index < -0.39 is 0 Å². The molecule has 0 spiro atoms. The summed E-state index contributed by atoms with van der Waals surface area (Å²) < 4.78 is 13.1. The first-order valence-electron chi connectivity index (χ1n) is 4.63. The molecule has 3 nitrogen and oxygen atoms in total. The van der Waals surface area contributed by atoms with Crippen LogP contribution >= 0.6 is 0 Å². The average Bonchev–Trinajstić information content (AvgIpc) is 2.07. The van der Waals surface area contributed by atoms with Crippen molar-refractivity contribution in [3.63, 3.8) is 0 Å². The van der Waals surface area contributed by atoms with Gasteiger partial charge in [0.25, 0.3) is 0 Å². The van der Waals surface area contributed by atoms with Gasteiger partial charge in [-0.2, -0.15) is 0 Å². The topological polar surface area (TPSA) is 45.1 Å². The molecule has 1 aromatic heterocycles. The highest BCUT2D eigenvalue weighted by Crippen LogP contribution is 2.13. The van der Waals surface area contributed by atoms with Gasteiger partial charge in [0.15, 0.2) is 5.82 Å². The lowest BCUT2D eigenvalue weighted by atomic mass is 10.1. The van der Waals surface area contributed by atoms with Crippen LogP contribution in [0.1, 0.15) is 20.3 Å². The van der Waals surface area contributed by atoms with Gasteiger partial charge >= 0.3 is 0 Å². The predicted molar refractivity (Wildman–Crippen MR) is 53.6 cm³/mol. The summed E-state index contributed by atoms with van der Waals surface area (Å²) in [5.74, 6) is -0.370. The van der Waals surface area contributed by atoms with Crippen LogP contribution in [0.2, 0.25) is 0 Å². The van der Waals surface area contributed by atoms with Crippen molar-refractivity contribution in [2.24, 2.45) is 0 Å². The Hall–Kier alpha value is -1.16. The third-order valence-corrected chi connectivity index (χ3v) is 1.87. The maximum Gasteiger partial charge on any atom is 0.164 e. The van der Waals surface area contributed by atoms with Gasteiger partial charge in [-0.1, -0.05) is 0 Å². The molecule has 0 amide bonds. The molecule has 0 aromatic carbocycles. The highest BCUT2D eigenvalue weighted by Gasteiger charge is 2.08. The van der Waals surface area contributed by atoms with E-state index in [-0.39, 0.29) is 18.0 Å². The minimum absolute atomic E-state index is 0.0342. The van der Waals surface area contributed by atoms with Crippen molar-refractivity contribution < 1.29 is 9.50 Å². The molecule has 0 radical (unpaired) electrons. The first-order valence-corrected chi connectivity index (χ1v) is 4.63. The van der Waals surface area contributed by atoms with E-state index in [0.29, 0.717) is 12.1 Å². The lowest BCUT2D eigenvalue weighted by Crippen LogP contribution is -2.21. The van der Waals surface area contributed by atoms with Crippen LogP contribution in [-0.4, -0.2) is 22.2 Å². The van der Waals surface area contributed by atoms with Crippen molar-refractivity contribution in [2.75, 3.05) is 5.32 Å². The van der Waals surface area contributed by atoms with Crippen LogP contribution < -0.4 is 5.32 Å². The summed E-state index contributed by atoms with van der Waals surface area (Å²) >= 11 is 0. The maximum atomic E-state index is 13.1. The number of aliphatic hydroxyl groups is 1. The lowest BCUT2D eigenvalue weighted by Gasteiger charge is -2.16. The van der Waals surface area contributed by atoms with Gasteiger partial charge in [0.2, 0.25) is 0 Å². The molecule has 0 fully saturated rings. The van der Waals surface area contributed by atoms with Crippen LogP contribution in [0.3, 0.4) is 0 Å². The quantitative estimate of drug-likeness (QED) is 0.775. The monoisotopic (exact) mass is 198 g/mol. The summed E-state index contributed by atoms with van der Waals surface area (Å²) in [7, 11) is 0. The smallest absolute Gasteiger partial charge is 0.164 e. The van der Waals surface area contributed by atoms with Crippen molar-refractivity contribution in [1.82, 2.24) is 4.98 Å². The third-order valence-electron chi connectivity index (χ3n) is 1.87. The number of hydrogen-bond acceptors (Lipinski definition) is 3. The van der Waals surface area contributed by atoms with Crippen molar-refractivity contribution >= 4 is 5.69 Å². The number of aromatic nitrogens is 1. The van der Waals surface area contributed by atoms with E-state index in [9.17, 15) is 4.39 Å². The van der Waals surface area contributed by atoms with Crippen molar-refractivity contribution in [3.05, 3.63) is 24.3 Å². The highest BCUT2D eigenvalue weighted by molar-refractivity contribution is 5.43. The van der Waals surface area contributed by atoms with Gasteiger partial charge < -0.3 is 10.4 Å². The van der Waals surface area contributed by atoms with Gasteiger partial charge in [-0.3, -0.25) is 4.98 Å². The molecule has 0 saturated carbocycles. The van der Waals surface area contributed by atoms with Crippen molar-refractivity contribution in [3.8, 4) is 0 Å². The second-order valence-corrected chi connectivity index (χ2v) is 3.49. The summed E-state index contributed by atoms with van der Waals surface area (Å²) in [5.41, 5.74) is 0.424. The van der Waals surface area contributed by atoms with Crippen LogP contribution in [0, 0.1) is 5.82 Å². The largest absolute Gasteiger partial charge is 0.393 e. The Morgan fingerprint density at radius 3 is 2.86 bits per heavy atom. The van der Waals surface area contributed by atoms with Crippen molar-refractivity contribution in [2.45, 2.75) is 32.4 Å². The van der Waals surface area contributed by atoms with Gasteiger partial charge in [-0.25, -0.2) is 4.39 Å². The molecule has 1 heterocycles. The first-order chi connectivity index (χ1) is 6.59. The predicted octanol–water partition coefficient (Wildman–Crippen LogP) is 1.79. The summed E-state index contributed by atoms with van der Waals surface area (Å²) in [4.78, 5) is 3.65. The number of hydrogen-bond donors (Lipinski definition) is 2. The fraction of sp³-hybridized carbons (Fsp3) is 0.500. The molecular weight excluding hydrogens is 183 g/mol. The molecule has 14 heavy (non-hydrogen) atoms. The number of pyridine rings is 1. The Bertz CT molecular complexity index is 291. The van der Waals surface area contributed by atoms with E-state index in [0.717, 1.165) is 6.20 Å². The molecule has 2 N–H and O–H groups in total. The fourth-order valence-corrected chi connectivity index (χ4v) is 1.33. The summed E-state index contributed by atoms with van der Waals surface area (Å²) in [6, 6.07) is 1.61. The molecule has 0 aliphatic carbocycles. The third kappa shape index (κ3) is 3.30. The maximum absolute atomic E-state index is 13.1. The summed E-state index contributed by atoms with van der Waals surface area (Å²) in [5, 5.41) is 12.1. The Morgan fingerprint density at radius 2 is 2.29 bits per heavy atom. The molecule has 2 atom stereocenters. The van der Waals surface area contributed by atoms with E-state index in [1.807, 2.05) is 6.92 Å². The number of halogens is 1. The van der Waals surface area contributed by atoms with Crippen LogP contribution in [0.15, 0.2) is 18.5 Å². The Kier molecular flexibility index (Phi) is 3.83. The highest BCUT2D eigenvalue weighted by atomic mass is 19.1. The standard InChI is InChI=1S/C10H15FN2O/c1-7(5-8(2)14)13-10-3-4-12-6-9(10)11/h3-4,6-8,14H,5H2,1-2H3,(H,12,13). The van der Waals surface area contributed by atoms with Gasteiger partial charge in [-0.15, -0.1) is 0 Å². The molecule has 0 saturated heterocycles. The molecular formula is C10H15FN2O. The van der Waals surface area contributed by atoms with Gasteiger partial charge in [-0.05, 0) is 26.3 Å². The molecule has 78 valence electrons. The Labute approximate surface area is 83.0 Å². The SMILES string of the molecule is CC(O)CC(C)Nc1ccncc1F. The molecule has 0 bridgehead atoms. The van der Waals surface area contributed by atoms with E-state index in [2.05, 4.69) is 10.3 Å². The second-order valence-electron chi connectivity index (χ2n) is 3.49. The van der Waals surface area contributed by atoms with Crippen LogP contribution in [0.25, 0.3) is 0 Å². The van der Waals surface area contributed by atoms with E-state index in [4.69, 9.17) is 5.11 Å². The number of rotatable bonds is 4. The lowest BCUT2D eigenvalue weighted by molar-refractivity contribution is 0.179. The fourth-order valence-electron chi connectivity index (χ4n) is 1.33. The Balaban J connectivity index is 2.56. The van der Waals surface area contributed by atoms with E-state index in [1.165, 1.54) is 6.20 Å². The number of anilines is 1. The molecule has 1 aromatic rings. The normalized spacial score (nSPS) is 14.9. The van der Waals surface area contributed by atoms with Crippen LogP contribution in [-0.2, 0) is 0 Å². The summed E-state index contributed by atoms with van der Waals surface area (Å²) in [6.45, 7) is 3.60. The first kappa shape index (κ1) is 10.9. The zero-order valence-corrected chi connectivity index (χ0v) is 8.37. The zero-order chi connectivity index (χ0) is 10.6. The minimum atomic E-state index is -0.387. The molecule has 1 rings (SSSR count). The Morgan fingerprint density at radius 1 is 1.57 bits per heavy atom. The number of nitrogens with one attached hydrogen (secondary N) is 1.